The summed E-state index contributed by atoms with van der Waals surface area (Å²) in [6, 6.07) is 7.34. The van der Waals surface area contributed by atoms with Crippen LogP contribution in [0, 0.1) is 5.82 Å². The molecule has 0 aliphatic rings. The summed E-state index contributed by atoms with van der Waals surface area (Å²) in [4.78, 5) is 10.7. The molecule has 0 spiro atoms. The number of anilines is 1. The summed E-state index contributed by atoms with van der Waals surface area (Å²) in [6.45, 7) is 0. The molecule has 21 heavy (non-hydrogen) atoms. The summed E-state index contributed by atoms with van der Waals surface area (Å²) in [6.07, 6.45) is -5.96. The maximum Gasteiger partial charge on any atom is 0.416 e. The second-order valence-electron chi connectivity index (χ2n) is 4.20. The third-order valence-electron chi connectivity index (χ3n) is 2.74. The summed E-state index contributed by atoms with van der Waals surface area (Å²) in [5, 5.41) is 10.7. The van der Waals surface area contributed by atoms with E-state index in [4.69, 9.17) is 5.11 Å². The Labute approximate surface area is 116 Å². The van der Waals surface area contributed by atoms with Gasteiger partial charge in [-0.25, -0.2) is 9.18 Å². The Balaban J connectivity index is 2.57. The summed E-state index contributed by atoms with van der Waals surface area (Å²) in [5.41, 5.74) is -0.640. The number of hydrogen-bond donors (Lipinski definition) is 2. The van der Waals surface area contributed by atoms with Crippen LogP contribution >= 0.6 is 0 Å². The van der Waals surface area contributed by atoms with Crippen LogP contribution in [0.1, 0.15) is 5.56 Å². The van der Waals surface area contributed by atoms with Crippen molar-refractivity contribution in [2.75, 3.05) is 5.32 Å². The van der Waals surface area contributed by atoms with Crippen molar-refractivity contribution in [3.63, 3.8) is 0 Å². The predicted molar refractivity (Wildman–Crippen MR) is 68.5 cm³/mol. The Morgan fingerprint density at radius 3 is 2.19 bits per heavy atom. The second-order valence-corrected chi connectivity index (χ2v) is 4.20. The van der Waals surface area contributed by atoms with E-state index in [2.05, 4.69) is 0 Å². The summed E-state index contributed by atoms with van der Waals surface area (Å²) in [5.74, 6) is -0.543. The average molecular weight is 299 g/mol. The predicted octanol–water partition coefficient (Wildman–Crippen LogP) is 4.60. The highest BCUT2D eigenvalue weighted by Crippen LogP contribution is 2.36. The first-order valence-corrected chi connectivity index (χ1v) is 5.74. The largest absolute Gasteiger partial charge is 0.465 e. The normalized spacial score (nSPS) is 11.2. The maximum atomic E-state index is 12.9. The zero-order valence-corrected chi connectivity index (χ0v) is 10.4. The lowest BCUT2D eigenvalue weighted by atomic mass is 10.0. The fourth-order valence-electron chi connectivity index (χ4n) is 1.81. The first kappa shape index (κ1) is 14.8. The topological polar surface area (TPSA) is 49.3 Å². The van der Waals surface area contributed by atoms with Crippen LogP contribution in [0.15, 0.2) is 42.5 Å². The van der Waals surface area contributed by atoms with Gasteiger partial charge in [-0.1, -0.05) is 12.1 Å². The quantitative estimate of drug-likeness (QED) is 0.796. The highest BCUT2D eigenvalue weighted by Gasteiger charge is 2.31. The van der Waals surface area contributed by atoms with Gasteiger partial charge in [0.1, 0.15) is 5.82 Å². The Morgan fingerprint density at radius 2 is 1.67 bits per heavy atom. The molecule has 0 unspecified atom stereocenters. The Bertz CT molecular complexity index is 666. The van der Waals surface area contributed by atoms with Gasteiger partial charge in [0.15, 0.2) is 0 Å². The van der Waals surface area contributed by atoms with Crippen LogP contribution in [-0.2, 0) is 6.18 Å². The number of halogens is 4. The van der Waals surface area contributed by atoms with Crippen LogP contribution in [0.3, 0.4) is 0 Å². The Morgan fingerprint density at radius 1 is 1.05 bits per heavy atom. The molecular formula is C14H9F4NO2. The third-order valence-corrected chi connectivity index (χ3v) is 2.74. The zero-order chi connectivity index (χ0) is 15.6. The number of hydrogen-bond acceptors (Lipinski definition) is 1. The summed E-state index contributed by atoms with van der Waals surface area (Å²) < 4.78 is 51.1. The van der Waals surface area contributed by atoms with Gasteiger partial charge in [-0.15, -0.1) is 0 Å². The van der Waals surface area contributed by atoms with Crippen molar-refractivity contribution in [3.8, 4) is 11.1 Å². The van der Waals surface area contributed by atoms with Crippen molar-refractivity contribution in [3.05, 3.63) is 53.8 Å². The number of nitrogens with one attached hydrogen (secondary N) is 1. The van der Waals surface area contributed by atoms with E-state index in [9.17, 15) is 22.4 Å². The molecule has 0 aromatic heterocycles. The molecule has 0 atom stereocenters. The van der Waals surface area contributed by atoms with Gasteiger partial charge in [-0.2, -0.15) is 13.2 Å². The summed E-state index contributed by atoms with van der Waals surface area (Å²) >= 11 is 0. The zero-order valence-electron chi connectivity index (χ0n) is 10.4. The molecule has 0 saturated heterocycles. The Kier molecular flexibility index (Phi) is 3.84. The molecule has 0 aliphatic heterocycles. The SMILES string of the molecule is O=C(O)Nc1ccc(C(F)(F)F)cc1-c1ccc(F)cc1. The van der Waals surface area contributed by atoms with Gasteiger partial charge in [0, 0.05) is 5.56 Å². The number of carboxylic acid groups (broad SMARTS) is 1. The number of amides is 1. The molecule has 2 rings (SSSR count). The number of alkyl halides is 3. The minimum absolute atomic E-state index is 0.0119. The molecule has 7 heteroatoms. The lowest BCUT2D eigenvalue weighted by molar-refractivity contribution is -0.137. The number of rotatable bonds is 2. The number of carbonyl (C=O) groups is 1. The van der Waals surface area contributed by atoms with Crippen molar-refractivity contribution < 1.29 is 27.5 Å². The minimum atomic E-state index is -4.56. The van der Waals surface area contributed by atoms with Gasteiger partial charge in [0.25, 0.3) is 0 Å². The first-order chi connectivity index (χ1) is 9.77. The van der Waals surface area contributed by atoms with Crippen LogP contribution < -0.4 is 5.32 Å². The van der Waals surface area contributed by atoms with E-state index in [0.29, 0.717) is 0 Å². The van der Waals surface area contributed by atoms with Gasteiger partial charge < -0.3 is 5.11 Å². The van der Waals surface area contributed by atoms with Crippen molar-refractivity contribution in [1.29, 1.82) is 0 Å². The maximum absolute atomic E-state index is 12.9. The van der Waals surface area contributed by atoms with E-state index in [1.165, 1.54) is 12.1 Å². The first-order valence-electron chi connectivity index (χ1n) is 5.74. The van der Waals surface area contributed by atoms with Gasteiger partial charge in [-0.3, -0.25) is 5.32 Å². The smallest absolute Gasteiger partial charge is 0.416 e. The highest BCUT2D eigenvalue weighted by molar-refractivity contribution is 5.90. The van der Waals surface area contributed by atoms with Crippen LogP contribution in [0.25, 0.3) is 11.1 Å². The van der Waals surface area contributed by atoms with Crippen molar-refractivity contribution in [2.24, 2.45) is 0 Å². The number of benzene rings is 2. The lowest BCUT2D eigenvalue weighted by Gasteiger charge is -2.13. The average Bonchev–Trinajstić information content (AvgIpc) is 2.38. The van der Waals surface area contributed by atoms with Crippen LogP contribution in [-0.4, -0.2) is 11.2 Å². The molecule has 2 aromatic rings. The molecule has 0 radical (unpaired) electrons. The molecule has 0 aliphatic carbocycles. The van der Waals surface area contributed by atoms with E-state index in [1.807, 2.05) is 5.32 Å². The van der Waals surface area contributed by atoms with Gasteiger partial charge in [-0.05, 0) is 35.9 Å². The third kappa shape index (κ3) is 3.50. The molecular weight excluding hydrogens is 290 g/mol. The second kappa shape index (κ2) is 5.43. The van der Waals surface area contributed by atoms with E-state index in [1.54, 1.807) is 0 Å². The fourth-order valence-corrected chi connectivity index (χ4v) is 1.81. The lowest BCUT2D eigenvalue weighted by Crippen LogP contribution is -2.10. The molecule has 0 fully saturated rings. The van der Waals surface area contributed by atoms with Gasteiger partial charge in [0.05, 0.1) is 11.3 Å². The minimum Gasteiger partial charge on any atom is -0.465 e. The monoisotopic (exact) mass is 299 g/mol. The molecule has 0 bridgehead atoms. The van der Waals surface area contributed by atoms with E-state index < -0.39 is 23.7 Å². The van der Waals surface area contributed by atoms with Crippen molar-refractivity contribution in [2.45, 2.75) is 6.18 Å². The fraction of sp³-hybridized carbons (Fsp3) is 0.0714. The van der Waals surface area contributed by atoms with Crippen LogP contribution in [0.2, 0.25) is 0 Å². The summed E-state index contributed by atoms with van der Waals surface area (Å²) in [7, 11) is 0. The molecule has 0 saturated carbocycles. The van der Waals surface area contributed by atoms with Crippen LogP contribution in [0.5, 0.6) is 0 Å². The molecule has 2 N–H and O–H groups in total. The van der Waals surface area contributed by atoms with E-state index in [-0.39, 0.29) is 16.8 Å². The van der Waals surface area contributed by atoms with Gasteiger partial charge in [0.2, 0.25) is 0 Å². The molecule has 2 aromatic carbocycles. The molecule has 0 heterocycles. The van der Waals surface area contributed by atoms with Crippen LogP contribution in [0.4, 0.5) is 28.0 Å². The van der Waals surface area contributed by atoms with Gasteiger partial charge >= 0.3 is 12.3 Å². The Hall–Kier alpha value is -2.57. The van der Waals surface area contributed by atoms with Crippen molar-refractivity contribution in [1.82, 2.24) is 0 Å². The van der Waals surface area contributed by atoms with E-state index >= 15 is 0 Å². The molecule has 110 valence electrons. The standard InChI is InChI=1S/C14H9F4NO2/c15-10-4-1-8(2-5-10)11-7-9(14(16,17)18)3-6-12(11)19-13(20)21/h1-7,19H,(H,20,21). The molecule has 3 nitrogen and oxygen atoms in total. The highest BCUT2D eigenvalue weighted by atomic mass is 19.4. The molecule has 1 amide bonds. The van der Waals surface area contributed by atoms with E-state index in [0.717, 1.165) is 30.3 Å². The van der Waals surface area contributed by atoms with Crippen molar-refractivity contribution >= 4 is 11.8 Å².